The Hall–Kier alpha value is -2.63. The molecule has 26 heavy (non-hydrogen) atoms. The molecule has 0 spiro atoms. The summed E-state index contributed by atoms with van der Waals surface area (Å²) in [6.45, 7) is 1.57. The molecule has 1 atom stereocenters. The van der Waals surface area contributed by atoms with E-state index in [0.29, 0.717) is 6.54 Å². The molecule has 0 saturated heterocycles. The number of halogens is 1. The van der Waals surface area contributed by atoms with Gasteiger partial charge in [-0.3, -0.25) is 0 Å². The number of rotatable bonds is 3. The Labute approximate surface area is 156 Å². The lowest BCUT2D eigenvalue weighted by molar-refractivity contribution is 0.514. The van der Waals surface area contributed by atoms with Crippen molar-refractivity contribution < 1.29 is 0 Å². The van der Waals surface area contributed by atoms with E-state index in [1.807, 2.05) is 30.3 Å². The van der Waals surface area contributed by atoms with E-state index in [2.05, 4.69) is 38.1 Å². The van der Waals surface area contributed by atoms with Crippen LogP contribution < -0.4 is 5.32 Å². The number of aromatic amines is 1. The molecule has 5 rings (SSSR count). The maximum absolute atomic E-state index is 6.43. The Morgan fingerprint density at radius 1 is 1.12 bits per heavy atom. The average molecular weight is 364 g/mol. The molecular formula is C20H18ClN5. The van der Waals surface area contributed by atoms with Gasteiger partial charge in [0.05, 0.1) is 29.6 Å². The van der Waals surface area contributed by atoms with Gasteiger partial charge in [0.15, 0.2) is 0 Å². The van der Waals surface area contributed by atoms with Crippen molar-refractivity contribution in [1.29, 1.82) is 0 Å². The number of benzene rings is 2. The molecule has 2 aromatic carbocycles. The quantitative estimate of drug-likeness (QED) is 0.583. The zero-order valence-corrected chi connectivity index (χ0v) is 14.9. The standard InChI is InChI=1S/C20H18ClN5/c21-14-6-2-1-5-13(14)11-26-17-8-4-3-7-15(17)25-20(26)19-18-16(9-10-22-19)23-12-24-18/h1-8,12,19,22H,9-11H2,(H,23,24)/t19-/m1/s1. The van der Waals surface area contributed by atoms with Gasteiger partial charge in [0.25, 0.3) is 0 Å². The third-order valence-electron chi connectivity index (χ3n) is 4.98. The first-order valence-electron chi connectivity index (χ1n) is 8.75. The zero-order chi connectivity index (χ0) is 17.5. The monoisotopic (exact) mass is 363 g/mol. The van der Waals surface area contributed by atoms with Crippen molar-refractivity contribution >= 4 is 22.6 Å². The fourth-order valence-corrected chi connectivity index (χ4v) is 3.91. The number of H-pyrrole nitrogens is 1. The summed E-state index contributed by atoms with van der Waals surface area (Å²) in [5, 5.41) is 4.35. The number of nitrogens with zero attached hydrogens (tertiary/aromatic N) is 3. The van der Waals surface area contributed by atoms with Crippen LogP contribution >= 0.6 is 11.6 Å². The first-order valence-corrected chi connectivity index (χ1v) is 9.13. The second kappa shape index (κ2) is 6.27. The lowest BCUT2D eigenvalue weighted by Gasteiger charge is -2.23. The van der Waals surface area contributed by atoms with Crippen molar-refractivity contribution in [2.75, 3.05) is 6.54 Å². The summed E-state index contributed by atoms with van der Waals surface area (Å²) in [5.41, 5.74) is 5.39. The van der Waals surface area contributed by atoms with Crippen LogP contribution in [0, 0.1) is 0 Å². The number of hydrogen-bond donors (Lipinski definition) is 2. The maximum atomic E-state index is 6.43. The van der Waals surface area contributed by atoms with Crippen LogP contribution in [0.25, 0.3) is 11.0 Å². The molecule has 6 heteroatoms. The fraction of sp³-hybridized carbons (Fsp3) is 0.200. The summed E-state index contributed by atoms with van der Waals surface area (Å²) in [6.07, 6.45) is 2.72. The summed E-state index contributed by atoms with van der Waals surface area (Å²) in [7, 11) is 0. The van der Waals surface area contributed by atoms with Gasteiger partial charge in [0.1, 0.15) is 11.9 Å². The SMILES string of the molecule is Clc1ccccc1Cn1c([C@@H]2NCCc3[nH]cnc32)nc2ccccc21. The van der Waals surface area contributed by atoms with E-state index in [1.165, 1.54) is 5.69 Å². The molecule has 3 heterocycles. The van der Waals surface area contributed by atoms with Crippen LogP contribution in [0.1, 0.15) is 28.8 Å². The molecular weight excluding hydrogens is 346 g/mol. The first-order chi connectivity index (χ1) is 12.8. The summed E-state index contributed by atoms with van der Waals surface area (Å²) >= 11 is 6.43. The minimum absolute atomic E-state index is 0.0279. The predicted octanol–water partition coefficient (Wildman–Crippen LogP) is 3.70. The van der Waals surface area contributed by atoms with E-state index >= 15 is 0 Å². The van der Waals surface area contributed by atoms with Crippen molar-refractivity contribution in [2.24, 2.45) is 0 Å². The summed E-state index contributed by atoms with van der Waals surface area (Å²) in [6, 6.07) is 16.2. The Morgan fingerprint density at radius 2 is 1.96 bits per heavy atom. The lowest BCUT2D eigenvalue weighted by atomic mass is 10.0. The van der Waals surface area contributed by atoms with Gasteiger partial charge in [0, 0.05) is 23.7 Å². The molecule has 4 aromatic rings. The molecule has 2 aromatic heterocycles. The third-order valence-corrected chi connectivity index (χ3v) is 5.35. The summed E-state index contributed by atoms with van der Waals surface area (Å²) in [4.78, 5) is 12.8. The van der Waals surface area contributed by atoms with Crippen molar-refractivity contribution in [2.45, 2.75) is 19.0 Å². The number of hydrogen-bond acceptors (Lipinski definition) is 3. The minimum atomic E-state index is -0.0279. The first kappa shape index (κ1) is 15.6. The van der Waals surface area contributed by atoms with Gasteiger partial charge in [-0.25, -0.2) is 9.97 Å². The Kier molecular flexibility index (Phi) is 3.76. The van der Waals surface area contributed by atoms with Crippen LogP contribution in [0.2, 0.25) is 5.02 Å². The van der Waals surface area contributed by atoms with Gasteiger partial charge in [-0.1, -0.05) is 41.9 Å². The highest BCUT2D eigenvalue weighted by Gasteiger charge is 2.28. The summed E-state index contributed by atoms with van der Waals surface area (Å²) < 4.78 is 2.25. The predicted molar refractivity (Wildman–Crippen MR) is 102 cm³/mol. The van der Waals surface area contributed by atoms with Gasteiger partial charge >= 0.3 is 0 Å². The molecule has 5 nitrogen and oxygen atoms in total. The molecule has 130 valence electrons. The average Bonchev–Trinajstić information content (AvgIpc) is 3.28. The molecule has 0 bridgehead atoms. The minimum Gasteiger partial charge on any atom is -0.348 e. The molecule has 0 unspecified atom stereocenters. The molecule has 1 aliphatic rings. The van der Waals surface area contributed by atoms with Gasteiger partial charge in [0.2, 0.25) is 0 Å². The number of para-hydroxylation sites is 2. The van der Waals surface area contributed by atoms with E-state index in [9.17, 15) is 0 Å². The molecule has 2 N–H and O–H groups in total. The normalized spacial score (nSPS) is 16.7. The van der Waals surface area contributed by atoms with Crippen molar-refractivity contribution in [3.8, 4) is 0 Å². The molecule has 0 radical (unpaired) electrons. The van der Waals surface area contributed by atoms with Crippen LogP contribution in [-0.2, 0) is 13.0 Å². The van der Waals surface area contributed by atoms with Crippen LogP contribution in [0.5, 0.6) is 0 Å². The van der Waals surface area contributed by atoms with E-state index in [1.54, 1.807) is 6.33 Å². The zero-order valence-electron chi connectivity index (χ0n) is 14.1. The number of nitrogens with one attached hydrogen (secondary N) is 2. The van der Waals surface area contributed by atoms with Gasteiger partial charge in [-0.2, -0.15) is 0 Å². The molecule has 0 aliphatic carbocycles. The van der Waals surface area contributed by atoms with Gasteiger partial charge in [-0.15, -0.1) is 0 Å². The largest absolute Gasteiger partial charge is 0.348 e. The highest BCUT2D eigenvalue weighted by atomic mass is 35.5. The third kappa shape index (κ3) is 2.52. The highest BCUT2D eigenvalue weighted by molar-refractivity contribution is 6.31. The van der Waals surface area contributed by atoms with Crippen LogP contribution in [0.4, 0.5) is 0 Å². The lowest BCUT2D eigenvalue weighted by Crippen LogP contribution is -2.32. The van der Waals surface area contributed by atoms with Crippen molar-refractivity contribution in [3.63, 3.8) is 0 Å². The van der Waals surface area contributed by atoms with Crippen molar-refractivity contribution in [3.05, 3.63) is 82.7 Å². The van der Waals surface area contributed by atoms with Gasteiger partial charge in [-0.05, 0) is 23.8 Å². The Bertz CT molecular complexity index is 1080. The molecule has 0 amide bonds. The Morgan fingerprint density at radius 3 is 2.88 bits per heavy atom. The number of fused-ring (bicyclic) bond motifs is 2. The molecule has 1 aliphatic heterocycles. The second-order valence-corrected chi connectivity index (χ2v) is 6.95. The molecule has 0 fully saturated rings. The van der Waals surface area contributed by atoms with Crippen LogP contribution in [0.15, 0.2) is 54.9 Å². The maximum Gasteiger partial charge on any atom is 0.133 e. The van der Waals surface area contributed by atoms with E-state index in [-0.39, 0.29) is 6.04 Å². The van der Waals surface area contributed by atoms with E-state index < -0.39 is 0 Å². The van der Waals surface area contributed by atoms with E-state index in [4.69, 9.17) is 16.6 Å². The second-order valence-electron chi connectivity index (χ2n) is 6.54. The van der Waals surface area contributed by atoms with Crippen molar-refractivity contribution in [1.82, 2.24) is 24.8 Å². The number of imidazole rings is 2. The highest BCUT2D eigenvalue weighted by Crippen LogP contribution is 2.30. The summed E-state index contributed by atoms with van der Waals surface area (Å²) in [5.74, 6) is 0.971. The van der Waals surface area contributed by atoms with Gasteiger partial charge < -0.3 is 14.9 Å². The smallest absolute Gasteiger partial charge is 0.133 e. The van der Waals surface area contributed by atoms with Crippen LogP contribution in [-0.4, -0.2) is 26.1 Å². The molecule has 0 saturated carbocycles. The van der Waals surface area contributed by atoms with Crippen LogP contribution in [0.3, 0.4) is 0 Å². The topological polar surface area (TPSA) is 58.5 Å². The number of aromatic nitrogens is 4. The Balaban J connectivity index is 1.68. The van der Waals surface area contributed by atoms with E-state index in [0.717, 1.165) is 46.1 Å². The fourth-order valence-electron chi connectivity index (χ4n) is 3.71.